The summed E-state index contributed by atoms with van der Waals surface area (Å²) in [5.41, 5.74) is -0.0179. The Morgan fingerprint density at radius 3 is 2.52 bits per heavy atom. The molecule has 1 aromatic heterocycles. The lowest BCUT2D eigenvalue weighted by Gasteiger charge is -2.14. The van der Waals surface area contributed by atoms with E-state index in [0.717, 1.165) is 22.9 Å². The van der Waals surface area contributed by atoms with E-state index >= 15 is 0 Å². The normalized spacial score (nSPS) is 11.7. The van der Waals surface area contributed by atoms with Gasteiger partial charge in [0.15, 0.2) is 10.9 Å². The van der Waals surface area contributed by atoms with Crippen LogP contribution in [0.15, 0.2) is 40.3 Å². The Hall–Kier alpha value is -1.76. The zero-order valence-electron chi connectivity index (χ0n) is 11.4. The minimum atomic E-state index is -4.62. The summed E-state index contributed by atoms with van der Waals surface area (Å²) in [6.07, 6.45) is -3.03. The van der Waals surface area contributed by atoms with Gasteiger partial charge in [0.2, 0.25) is 0 Å². The molecule has 3 nitrogen and oxygen atoms in total. The van der Waals surface area contributed by atoms with E-state index in [1.54, 1.807) is 6.26 Å². The van der Waals surface area contributed by atoms with E-state index in [4.69, 9.17) is 0 Å². The Morgan fingerprint density at radius 2 is 1.95 bits per heavy atom. The first kappa shape index (κ1) is 15.6. The average molecular weight is 314 g/mol. The van der Waals surface area contributed by atoms with E-state index in [0.29, 0.717) is 6.07 Å². The lowest BCUT2D eigenvalue weighted by molar-refractivity contribution is -0.141. The van der Waals surface area contributed by atoms with E-state index in [1.165, 1.54) is 4.57 Å². The van der Waals surface area contributed by atoms with Crippen LogP contribution in [-0.4, -0.2) is 15.8 Å². The minimum Gasteiger partial charge on any atom is -0.283 e. The molecule has 21 heavy (non-hydrogen) atoms. The highest BCUT2D eigenvalue weighted by Gasteiger charge is 2.34. The first-order valence-electron chi connectivity index (χ1n) is 6.10. The summed E-state index contributed by atoms with van der Waals surface area (Å²) in [6, 6.07) is 7.95. The van der Waals surface area contributed by atoms with Crippen molar-refractivity contribution < 1.29 is 13.2 Å². The molecule has 0 aliphatic carbocycles. The molecule has 2 rings (SSSR count). The van der Waals surface area contributed by atoms with Crippen molar-refractivity contribution in [2.45, 2.75) is 24.8 Å². The molecule has 2 aromatic rings. The van der Waals surface area contributed by atoms with Crippen molar-refractivity contribution >= 4 is 11.8 Å². The van der Waals surface area contributed by atoms with Crippen LogP contribution in [0.1, 0.15) is 16.8 Å². The number of thioether (sulfide) groups is 1. The molecule has 1 heterocycles. The SMILES string of the molecule is CSc1nc(C(F)(F)F)cc(=O)n1Cc1ccccc1C. The van der Waals surface area contributed by atoms with Crippen LogP contribution in [0.25, 0.3) is 0 Å². The van der Waals surface area contributed by atoms with Gasteiger partial charge in [0, 0.05) is 6.07 Å². The maximum atomic E-state index is 12.7. The van der Waals surface area contributed by atoms with Crippen molar-refractivity contribution in [1.82, 2.24) is 9.55 Å². The number of alkyl halides is 3. The Morgan fingerprint density at radius 1 is 1.29 bits per heavy atom. The van der Waals surface area contributed by atoms with Crippen molar-refractivity contribution in [3.8, 4) is 0 Å². The predicted molar refractivity (Wildman–Crippen MR) is 75.6 cm³/mol. The standard InChI is InChI=1S/C14H13F3N2OS/c1-9-5-3-4-6-10(9)8-19-12(20)7-11(14(15,16)17)18-13(19)21-2/h3-7H,8H2,1-2H3. The summed E-state index contributed by atoms with van der Waals surface area (Å²) in [7, 11) is 0. The molecule has 0 unspecified atom stereocenters. The van der Waals surface area contributed by atoms with E-state index in [-0.39, 0.29) is 11.7 Å². The molecule has 112 valence electrons. The van der Waals surface area contributed by atoms with Crippen LogP contribution in [0.2, 0.25) is 0 Å². The molecule has 0 N–H and O–H groups in total. The average Bonchev–Trinajstić information content (AvgIpc) is 2.41. The number of rotatable bonds is 3. The van der Waals surface area contributed by atoms with Gasteiger partial charge in [-0.3, -0.25) is 9.36 Å². The fourth-order valence-electron chi connectivity index (χ4n) is 1.89. The summed E-state index contributed by atoms with van der Waals surface area (Å²) in [5.74, 6) is 0. The summed E-state index contributed by atoms with van der Waals surface area (Å²) < 4.78 is 39.3. The minimum absolute atomic E-state index is 0.0538. The Balaban J connectivity index is 2.50. The molecular formula is C14H13F3N2OS. The molecule has 0 radical (unpaired) electrons. The fraction of sp³-hybridized carbons (Fsp3) is 0.286. The van der Waals surface area contributed by atoms with E-state index in [1.807, 2.05) is 31.2 Å². The van der Waals surface area contributed by atoms with Gasteiger partial charge in [-0.25, -0.2) is 4.98 Å². The third kappa shape index (κ3) is 3.47. The van der Waals surface area contributed by atoms with Gasteiger partial charge in [0.05, 0.1) is 6.54 Å². The predicted octanol–water partition coefficient (Wildman–Crippen LogP) is 3.34. The monoisotopic (exact) mass is 314 g/mol. The largest absolute Gasteiger partial charge is 0.433 e. The van der Waals surface area contributed by atoms with Crippen LogP contribution in [0, 0.1) is 6.92 Å². The van der Waals surface area contributed by atoms with Gasteiger partial charge >= 0.3 is 6.18 Å². The van der Waals surface area contributed by atoms with Crippen LogP contribution in [0.3, 0.4) is 0 Å². The number of aryl methyl sites for hydroxylation is 1. The van der Waals surface area contributed by atoms with Gasteiger partial charge in [-0.05, 0) is 24.3 Å². The first-order chi connectivity index (χ1) is 9.82. The molecule has 0 saturated carbocycles. The highest BCUT2D eigenvalue weighted by Crippen LogP contribution is 2.28. The number of hydrogen-bond acceptors (Lipinski definition) is 3. The van der Waals surface area contributed by atoms with Crippen molar-refractivity contribution in [3.63, 3.8) is 0 Å². The maximum absolute atomic E-state index is 12.7. The topological polar surface area (TPSA) is 34.9 Å². The van der Waals surface area contributed by atoms with Crippen molar-refractivity contribution in [3.05, 3.63) is 57.5 Å². The molecule has 0 amide bonds. The lowest BCUT2D eigenvalue weighted by Crippen LogP contribution is -2.26. The van der Waals surface area contributed by atoms with Gasteiger partial charge in [0.25, 0.3) is 5.56 Å². The first-order valence-corrected chi connectivity index (χ1v) is 7.33. The van der Waals surface area contributed by atoms with Crippen LogP contribution >= 0.6 is 11.8 Å². The molecule has 0 aliphatic heterocycles. The van der Waals surface area contributed by atoms with Crippen molar-refractivity contribution in [2.75, 3.05) is 6.26 Å². The summed E-state index contributed by atoms with van der Waals surface area (Å²) in [6.45, 7) is 2.09. The molecule has 0 saturated heterocycles. The summed E-state index contributed by atoms with van der Waals surface area (Å²) >= 11 is 1.02. The fourth-order valence-corrected chi connectivity index (χ4v) is 2.45. The zero-order valence-corrected chi connectivity index (χ0v) is 12.3. The molecule has 0 atom stereocenters. The highest BCUT2D eigenvalue weighted by atomic mass is 32.2. The summed E-state index contributed by atoms with van der Waals surface area (Å²) in [4.78, 5) is 15.5. The van der Waals surface area contributed by atoms with Crippen molar-refractivity contribution in [2.24, 2.45) is 0 Å². The number of halogens is 3. The van der Waals surface area contributed by atoms with Crippen LogP contribution in [0.5, 0.6) is 0 Å². The molecular weight excluding hydrogens is 301 g/mol. The number of benzene rings is 1. The second kappa shape index (κ2) is 5.93. The molecule has 0 aliphatic rings. The molecule has 7 heteroatoms. The Kier molecular flexibility index (Phi) is 4.41. The zero-order chi connectivity index (χ0) is 15.6. The quantitative estimate of drug-likeness (QED) is 0.644. The molecule has 1 aromatic carbocycles. The van der Waals surface area contributed by atoms with E-state index in [2.05, 4.69) is 4.98 Å². The van der Waals surface area contributed by atoms with Crippen LogP contribution in [-0.2, 0) is 12.7 Å². The van der Waals surface area contributed by atoms with Gasteiger partial charge in [-0.15, -0.1) is 0 Å². The molecule has 0 spiro atoms. The number of aromatic nitrogens is 2. The Labute approximate surface area is 123 Å². The van der Waals surface area contributed by atoms with Gasteiger partial charge in [-0.2, -0.15) is 13.2 Å². The lowest BCUT2D eigenvalue weighted by atomic mass is 10.1. The second-order valence-electron chi connectivity index (χ2n) is 4.48. The van der Waals surface area contributed by atoms with Crippen LogP contribution in [0.4, 0.5) is 13.2 Å². The molecule has 0 bridgehead atoms. The second-order valence-corrected chi connectivity index (χ2v) is 5.25. The maximum Gasteiger partial charge on any atom is 0.433 e. The van der Waals surface area contributed by atoms with E-state index in [9.17, 15) is 18.0 Å². The van der Waals surface area contributed by atoms with Crippen molar-refractivity contribution in [1.29, 1.82) is 0 Å². The summed E-state index contributed by atoms with van der Waals surface area (Å²) in [5, 5.41) is 0.0538. The smallest absolute Gasteiger partial charge is 0.283 e. The molecule has 0 fully saturated rings. The van der Waals surface area contributed by atoms with Crippen LogP contribution < -0.4 is 5.56 Å². The highest BCUT2D eigenvalue weighted by molar-refractivity contribution is 7.98. The van der Waals surface area contributed by atoms with Gasteiger partial charge < -0.3 is 0 Å². The van der Waals surface area contributed by atoms with E-state index < -0.39 is 17.4 Å². The number of hydrogen-bond donors (Lipinski definition) is 0. The number of nitrogens with zero attached hydrogens (tertiary/aromatic N) is 2. The third-order valence-corrected chi connectivity index (χ3v) is 3.71. The Bertz CT molecular complexity index is 710. The van der Waals surface area contributed by atoms with Gasteiger partial charge in [-0.1, -0.05) is 36.0 Å². The third-order valence-electron chi connectivity index (χ3n) is 3.04. The van der Waals surface area contributed by atoms with Gasteiger partial charge in [0.1, 0.15) is 0 Å².